The van der Waals surface area contributed by atoms with Crippen LogP contribution in [0.4, 0.5) is 0 Å². The van der Waals surface area contributed by atoms with Crippen LogP contribution in [-0.4, -0.2) is 41.2 Å². The maximum absolute atomic E-state index is 12.7. The number of aromatic nitrogens is 2. The quantitative estimate of drug-likeness (QED) is 0.810. The van der Waals surface area contributed by atoms with Gasteiger partial charge in [0.15, 0.2) is 0 Å². The molecule has 1 atom stereocenters. The molecule has 0 bridgehead atoms. The minimum Gasteiger partial charge on any atom is -0.345 e. The molecule has 0 aliphatic rings. The third-order valence-electron chi connectivity index (χ3n) is 4.16. The van der Waals surface area contributed by atoms with Gasteiger partial charge in [0.05, 0.1) is 17.8 Å². The SMILES string of the molecule is CCCn1ncc(C(=O)N[C@H](CCN(C)C)c2ccccc2)c1C. The molecule has 0 fully saturated rings. The molecule has 0 spiro atoms. The molecule has 0 aliphatic carbocycles. The highest BCUT2D eigenvalue weighted by Crippen LogP contribution is 2.18. The van der Waals surface area contributed by atoms with E-state index in [1.54, 1.807) is 6.20 Å². The molecule has 1 heterocycles. The minimum absolute atomic E-state index is 0.00461. The molecule has 5 nitrogen and oxygen atoms in total. The summed E-state index contributed by atoms with van der Waals surface area (Å²) in [6.45, 7) is 5.80. The number of hydrogen-bond donors (Lipinski definition) is 1. The largest absolute Gasteiger partial charge is 0.345 e. The normalized spacial score (nSPS) is 12.4. The highest BCUT2D eigenvalue weighted by atomic mass is 16.1. The molecule has 1 aromatic carbocycles. The highest BCUT2D eigenvalue weighted by Gasteiger charge is 2.19. The van der Waals surface area contributed by atoms with Crippen LogP contribution in [0.1, 0.15) is 47.4 Å². The number of carbonyl (C=O) groups is 1. The van der Waals surface area contributed by atoms with Crippen LogP contribution >= 0.6 is 0 Å². The molecule has 2 aromatic rings. The topological polar surface area (TPSA) is 50.2 Å². The van der Waals surface area contributed by atoms with Crippen molar-refractivity contribution in [1.82, 2.24) is 20.0 Å². The first-order valence-electron chi connectivity index (χ1n) is 8.55. The molecule has 2 rings (SSSR count). The lowest BCUT2D eigenvalue weighted by molar-refractivity contribution is 0.0932. The first kappa shape index (κ1) is 18.2. The number of benzene rings is 1. The molecule has 0 saturated carbocycles. The fourth-order valence-electron chi connectivity index (χ4n) is 2.74. The van der Waals surface area contributed by atoms with Crippen LogP contribution in [0, 0.1) is 6.92 Å². The van der Waals surface area contributed by atoms with E-state index in [1.807, 2.05) is 43.9 Å². The van der Waals surface area contributed by atoms with Crippen molar-refractivity contribution in [2.45, 2.75) is 39.3 Å². The second-order valence-electron chi connectivity index (χ2n) is 6.40. The highest BCUT2D eigenvalue weighted by molar-refractivity contribution is 5.95. The summed E-state index contributed by atoms with van der Waals surface area (Å²) in [7, 11) is 4.09. The van der Waals surface area contributed by atoms with Crippen molar-refractivity contribution in [1.29, 1.82) is 0 Å². The van der Waals surface area contributed by atoms with Gasteiger partial charge in [0.1, 0.15) is 0 Å². The number of aryl methyl sites for hydroxylation is 1. The van der Waals surface area contributed by atoms with Crippen molar-refractivity contribution in [3.05, 3.63) is 53.3 Å². The summed E-state index contributed by atoms with van der Waals surface area (Å²) in [4.78, 5) is 14.9. The van der Waals surface area contributed by atoms with Crippen LogP contribution in [0.15, 0.2) is 36.5 Å². The summed E-state index contributed by atoms with van der Waals surface area (Å²) in [5, 5.41) is 7.51. The second kappa shape index (κ2) is 8.64. The molecule has 24 heavy (non-hydrogen) atoms. The molecule has 0 radical (unpaired) electrons. The zero-order chi connectivity index (χ0) is 17.5. The van der Waals surface area contributed by atoms with E-state index in [2.05, 4.69) is 34.4 Å². The summed E-state index contributed by atoms with van der Waals surface area (Å²) in [5.41, 5.74) is 2.72. The van der Waals surface area contributed by atoms with Crippen molar-refractivity contribution >= 4 is 5.91 Å². The number of hydrogen-bond acceptors (Lipinski definition) is 3. The molecule has 0 saturated heterocycles. The van der Waals surface area contributed by atoms with Gasteiger partial charge in [-0.15, -0.1) is 0 Å². The van der Waals surface area contributed by atoms with E-state index >= 15 is 0 Å². The van der Waals surface area contributed by atoms with Gasteiger partial charge in [0.25, 0.3) is 5.91 Å². The van der Waals surface area contributed by atoms with E-state index in [9.17, 15) is 4.79 Å². The Bertz CT molecular complexity index is 649. The Morgan fingerprint density at radius 3 is 2.62 bits per heavy atom. The van der Waals surface area contributed by atoms with Gasteiger partial charge in [-0.25, -0.2) is 0 Å². The van der Waals surface area contributed by atoms with E-state index < -0.39 is 0 Å². The van der Waals surface area contributed by atoms with Gasteiger partial charge >= 0.3 is 0 Å². The molecule has 5 heteroatoms. The predicted molar refractivity (Wildman–Crippen MR) is 97.1 cm³/mol. The lowest BCUT2D eigenvalue weighted by Gasteiger charge is -2.21. The van der Waals surface area contributed by atoms with E-state index in [4.69, 9.17) is 0 Å². The standard InChI is InChI=1S/C19H28N4O/c1-5-12-23-15(2)17(14-20-23)19(24)21-18(11-13-22(3)4)16-9-7-6-8-10-16/h6-10,14,18H,5,11-13H2,1-4H3,(H,21,24)/t18-/m1/s1. The molecule has 1 N–H and O–H groups in total. The van der Waals surface area contributed by atoms with E-state index in [-0.39, 0.29) is 11.9 Å². The zero-order valence-corrected chi connectivity index (χ0v) is 15.1. The fourth-order valence-corrected chi connectivity index (χ4v) is 2.74. The predicted octanol–water partition coefficient (Wildman–Crippen LogP) is 3.02. The number of rotatable bonds is 8. The molecular weight excluding hydrogens is 300 g/mol. The average molecular weight is 328 g/mol. The van der Waals surface area contributed by atoms with Crippen molar-refractivity contribution < 1.29 is 4.79 Å². The Kier molecular flexibility index (Phi) is 6.55. The molecule has 130 valence electrons. The minimum atomic E-state index is -0.0533. The van der Waals surface area contributed by atoms with Crippen LogP contribution < -0.4 is 5.32 Å². The molecule has 0 aliphatic heterocycles. The third-order valence-corrected chi connectivity index (χ3v) is 4.16. The summed E-state index contributed by atoms with van der Waals surface area (Å²) in [5.74, 6) is -0.0533. The van der Waals surface area contributed by atoms with Crippen LogP contribution in [0.3, 0.4) is 0 Å². The maximum Gasteiger partial charge on any atom is 0.255 e. The van der Waals surface area contributed by atoms with Crippen LogP contribution in [0.2, 0.25) is 0 Å². The second-order valence-corrected chi connectivity index (χ2v) is 6.40. The Hall–Kier alpha value is -2.14. The van der Waals surface area contributed by atoms with Gasteiger partial charge in [-0.1, -0.05) is 37.3 Å². The van der Waals surface area contributed by atoms with E-state index in [1.165, 1.54) is 0 Å². The Morgan fingerprint density at radius 2 is 2.00 bits per heavy atom. The lowest BCUT2D eigenvalue weighted by Crippen LogP contribution is -2.31. The van der Waals surface area contributed by atoms with Gasteiger partial charge in [0, 0.05) is 12.2 Å². The van der Waals surface area contributed by atoms with Gasteiger partial charge < -0.3 is 10.2 Å². The summed E-state index contributed by atoms with van der Waals surface area (Å²) < 4.78 is 1.90. The lowest BCUT2D eigenvalue weighted by atomic mass is 10.0. The Labute approximate surface area is 144 Å². The number of nitrogens with zero attached hydrogens (tertiary/aromatic N) is 3. The van der Waals surface area contributed by atoms with Crippen molar-refractivity contribution in [2.75, 3.05) is 20.6 Å². The third kappa shape index (κ3) is 4.68. The van der Waals surface area contributed by atoms with E-state index in [0.29, 0.717) is 5.56 Å². The van der Waals surface area contributed by atoms with Gasteiger partial charge in [-0.05, 0) is 46.0 Å². The molecule has 0 unspecified atom stereocenters. The number of amides is 1. The van der Waals surface area contributed by atoms with Gasteiger partial charge in [-0.2, -0.15) is 5.10 Å². The Balaban J connectivity index is 2.15. The van der Waals surface area contributed by atoms with Crippen molar-refractivity contribution in [3.8, 4) is 0 Å². The molecule has 1 amide bonds. The summed E-state index contributed by atoms with van der Waals surface area (Å²) in [6.07, 6.45) is 3.54. The summed E-state index contributed by atoms with van der Waals surface area (Å²) in [6, 6.07) is 10.1. The van der Waals surface area contributed by atoms with Gasteiger partial charge in [0.2, 0.25) is 0 Å². The van der Waals surface area contributed by atoms with Crippen LogP contribution in [-0.2, 0) is 6.54 Å². The van der Waals surface area contributed by atoms with Crippen LogP contribution in [0.25, 0.3) is 0 Å². The zero-order valence-electron chi connectivity index (χ0n) is 15.1. The van der Waals surface area contributed by atoms with Crippen LogP contribution in [0.5, 0.6) is 0 Å². The van der Waals surface area contributed by atoms with E-state index in [0.717, 1.165) is 37.2 Å². The molecular formula is C19H28N4O. The first-order chi connectivity index (χ1) is 11.5. The summed E-state index contributed by atoms with van der Waals surface area (Å²) >= 11 is 0. The smallest absolute Gasteiger partial charge is 0.255 e. The van der Waals surface area contributed by atoms with Crippen molar-refractivity contribution in [2.24, 2.45) is 0 Å². The molecule has 1 aromatic heterocycles. The fraction of sp³-hybridized carbons (Fsp3) is 0.474. The maximum atomic E-state index is 12.7. The number of carbonyl (C=O) groups excluding carboxylic acids is 1. The Morgan fingerprint density at radius 1 is 1.29 bits per heavy atom. The average Bonchev–Trinajstić information content (AvgIpc) is 2.93. The van der Waals surface area contributed by atoms with Crippen molar-refractivity contribution in [3.63, 3.8) is 0 Å². The van der Waals surface area contributed by atoms with Gasteiger partial charge in [-0.3, -0.25) is 9.48 Å². The monoisotopic (exact) mass is 328 g/mol. The first-order valence-corrected chi connectivity index (χ1v) is 8.55. The number of nitrogens with one attached hydrogen (secondary N) is 1.